The summed E-state index contributed by atoms with van der Waals surface area (Å²) in [5, 5.41) is 3.75. The third-order valence-corrected chi connectivity index (χ3v) is 4.72. The number of alkyl halides is 2. The van der Waals surface area contributed by atoms with Crippen molar-refractivity contribution < 1.29 is 18.0 Å². The number of ketones is 1. The molecule has 2 aromatic heterocycles. The molecule has 0 amide bonds. The van der Waals surface area contributed by atoms with Crippen molar-refractivity contribution in [3.63, 3.8) is 0 Å². The fraction of sp³-hybridized carbons (Fsp3) is 0.190. The number of carbonyl (C=O) groups is 1. The van der Waals surface area contributed by atoms with Gasteiger partial charge >= 0.3 is 5.76 Å². The van der Waals surface area contributed by atoms with Crippen molar-refractivity contribution in [2.45, 2.75) is 19.9 Å². The molecule has 2 heterocycles. The Balaban J connectivity index is 1.71. The number of fused-ring (bicyclic) bond motifs is 1. The Bertz CT molecular complexity index is 1270. The zero-order chi connectivity index (χ0) is 20.7. The van der Waals surface area contributed by atoms with Gasteiger partial charge in [-0.05, 0) is 25.1 Å². The second-order valence-corrected chi connectivity index (χ2v) is 6.85. The molecule has 0 atom stereocenters. The molecule has 0 N–H and O–H groups in total. The third kappa shape index (κ3) is 3.49. The van der Waals surface area contributed by atoms with E-state index in [0.29, 0.717) is 16.6 Å². The maximum absolute atomic E-state index is 13.2. The molecular weight excluding hydrogens is 380 g/mol. The normalized spacial score (nSPS) is 11.5. The number of benzene rings is 2. The number of nitrogens with zero attached hydrogens (tertiary/aromatic N) is 3. The lowest BCUT2D eigenvalue weighted by Gasteiger charge is -2.04. The van der Waals surface area contributed by atoms with Gasteiger partial charge in [-0.25, -0.2) is 13.6 Å². The summed E-state index contributed by atoms with van der Waals surface area (Å²) in [5.41, 5.74) is 2.42. The van der Waals surface area contributed by atoms with Crippen molar-refractivity contribution in [1.82, 2.24) is 14.3 Å². The molecule has 148 valence electrons. The second kappa shape index (κ2) is 7.12. The summed E-state index contributed by atoms with van der Waals surface area (Å²) in [5.74, 6) is -0.890. The first-order valence-electron chi connectivity index (χ1n) is 8.89. The van der Waals surface area contributed by atoms with Crippen LogP contribution in [0.3, 0.4) is 0 Å². The minimum absolute atomic E-state index is 0.107. The summed E-state index contributed by atoms with van der Waals surface area (Å²) in [4.78, 5) is 25.0. The highest BCUT2D eigenvalue weighted by Crippen LogP contribution is 2.24. The summed E-state index contributed by atoms with van der Waals surface area (Å²) < 4.78 is 34.2. The smallest absolute Gasteiger partial charge is 0.408 e. The molecule has 0 bridgehead atoms. The molecule has 0 aliphatic rings. The Morgan fingerprint density at radius 2 is 1.83 bits per heavy atom. The molecule has 0 unspecified atom stereocenters. The van der Waals surface area contributed by atoms with Crippen LogP contribution in [-0.2, 0) is 13.6 Å². The summed E-state index contributed by atoms with van der Waals surface area (Å²) in [6.45, 7) is 1.82. The van der Waals surface area contributed by atoms with Gasteiger partial charge in [-0.15, -0.1) is 0 Å². The van der Waals surface area contributed by atoms with Gasteiger partial charge in [0.15, 0.2) is 11.4 Å². The predicted octanol–water partition coefficient (Wildman–Crippen LogP) is 3.85. The Labute approximate surface area is 164 Å². The maximum Gasteiger partial charge on any atom is 0.420 e. The molecule has 2 aromatic carbocycles. The van der Waals surface area contributed by atoms with E-state index in [1.165, 1.54) is 28.6 Å². The van der Waals surface area contributed by atoms with E-state index in [4.69, 9.17) is 4.42 Å². The Morgan fingerprint density at radius 3 is 2.52 bits per heavy atom. The van der Waals surface area contributed by atoms with Crippen LogP contribution in [0.1, 0.15) is 39.2 Å². The fourth-order valence-electron chi connectivity index (χ4n) is 3.26. The Kier molecular flexibility index (Phi) is 4.62. The lowest BCUT2D eigenvalue weighted by molar-refractivity contribution is 0.103. The number of aryl methyl sites for hydroxylation is 2. The molecule has 0 aliphatic carbocycles. The van der Waals surface area contributed by atoms with Crippen LogP contribution in [0.15, 0.2) is 57.9 Å². The topological polar surface area (TPSA) is 70.0 Å². The van der Waals surface area contributed by atoms with Crippen LogP contribution in [-0.4, -0.2) is 20.1 Å². The molecule has 29 heavy (non-hydrogen) atoms. The van der Waals surface area contributed by atoms with Gasteiger partial charge in [-0.3, -0.25) is 14.0 Å². The molecule has 0 spiro atoms. The zero-order valence-electron chi connectivity index (χ0n) is 15.7. The Hall–Kier alpha value is -3.55. The first kappa shape index (κ1) is 18.8. The minimum Gasteiger partial charge on any atom is -0.408 e. The van der Waals surface area contributed by atoms with Crippen LogP contribution < -0.4 is 5.76 Å². The molecular formula is C21H17F2N3O3. The molecule has 0 saturated heterocycles. The molecule has 6 nitrogen and oxygen atoms in total. The van der Waals surface area contributed by atoms with Gasteiger partial charge in [0.25, 0.3) is 6.43 Å². The quantitative estimate of drug-likeness (QED) is 0.480. The number of carbonyl (C=O) groups excluding carboxylic acids is 1. The third-order valence-electron chi connectivity index (χ3n) is 4.72. The van der Waals surface area contributed by atoms with Crippen LogP contribution in [0.2, 0.25) is 0 Å². The molecule has 8 heteroatoms. The van der Waals surface area contributed by atoms with Gasteiger partial charge in [-0.1, -0.05) is 29.8 Å². The monoisotopic (exact) mass is 397 g/mol. The highest BCUT2D eigenvalue weighted by molar-refractivity contribution is 6.10. The molecule has 4 aromatic rings. The van der Waals surface area contributed by atoms with E-state index < -0.39 is 12.2 Å². The van der Waals surface area contributed by atoms with Crippen LogP contribution in [0.4, 0.5) is 8.78 Å². The molecule has 4 rings (SSSR count). The standard InChI is InChI=1S/C21H17F2N3O3/c1-12-3-5-13(6-4-12)19(27)14-7-8-16-17(9-14)29-21(28)26(16)11-15-10-25(2)24-18(15)20(22)23/h3-10,20H,11H2,1-2H3. The van der Waals surface area contributed by atoms with E-state index in [9.17, 15) is 18.4 Å². The number of oxazole rings is 1. The van der Waals surface area contributed by atoms with Gasteiger partial charge in [0, 0.05) is 29.9 Å². The van der Waals surface area contributed by atoms with Crippen molar-refractivity contribution in [1.29, 1.82) is 0 Å². The lowest BCUT2D eigenvalue weighted by Crippen LogP contribution is -2.15. The van der Waals surface area contributed by atoms with Gasteiger partial charge in [0.1, 0.15) is 5.69 Å². The van der Waals surface area contributed by atoms with E-state index >= 15 is 0 Å². The molecule has 0 fully saturated rings. The highest BCUT2D eigenvalue weighted by Gasteiger charge is 2.20. The highest BCUT2D eigenvalue weighted by atomic mass is 19.3. The van der Waals surface area contributed by atoms with Crippen LogP contribution in [0, 0.1) is 6.92 Å². The summed E-state index contributed by atoms with van der Waals surface area (Å²) >= 11 is 0. The zero-order valence-corrected chi connectivity index (χ0v) is 15.7. The van der Waals surface area contributed by atoms with E-state index in [2.05, 4.69) is 5.10 Å². The number of halogens is 2. The van der Waals surface area contributed by atoms with E-state index in [0.717, 1.165) is 5.56 Å². The molecule has 0 radical (unpaired) electrons. The van der Waals surface area contributed by atoms with Crippen molar-refractivity contribution in [3.8, 4) is 0 Å². The van der Waals surface area contributed by atoms with E-state index in [-0.39, 0.29) is 29.2 Å². The first-order valence-corrected chi connectivity index (χ1v) is 8.89. The lowest BCUT2D eigenvalue weighted by atomic mass is 10.0. The van der Waals surface area contributed by atoms with E-state index in [1.54, 1.807) is 24.3 Å². The van der Waals surface area contributed by atoms with Gasteiger partial charge in [0.2, 0.25) is 0 Å². The number of aromatic nitrogens is 3. The summed E-state index contributed by atoms with van der Waals surface area (Å²) in [7, 11) is 1.54. The second-order valence-electron chi connectivity index (χ2n) is 6.85. The van der Waals surface area contributed by atoms with Gasteiger partial charge in [0.05, 0.1) is 12.1 Å². The SMILES string of the molecule is Cc1ccc(C(=O)c2ccc3c(c2)oc(=O)n3Cc2cn(C)nc2C(F)F)cc1. The molecule has 0 saturated carbocycles. The average molecular weight is 397 g/mol. The van der Waals surface area contributed by atoms with Crippen LogP contribution in [0.5, 0.6) is 0 Å². The van der Waals surface area contributed by atoms with Crippen molar-refractivity contribution >= 4 is 16.9 Å². The summed E-state index contributed by atoms with van der Waals surface area (Å²) in [6.07, 6.45) is -1.30. The van der Waals surface area contributed by atoms with Crippen molar-refractivity contribution in [3.05, 3.63) is 87.2 Å². The predicted molar refractivity (Wildman–Crippen MR) is 102 cm³/mol. The average Bonchev–Trinajstić information content (AvgIpc) is 3.21. The maximum atomic E-state index is 13.2. The van der Waals surface area contributed by atoms with Crippen molar-refractivity contribution in [2.24, 2.45) is 7.05 Å². The van der Waals surface area contributed by atoms with Crippen LogP contribution >= 0.6 is 0 Å². The largest absolute Gasteiger partial charge is 0.420 e. The fourth-order valence-corrected chi connectivity index (χ4v) is 3.26. The van der Waals surface area contributed by atoms with Crippen molar-refractivity contribution in [2.75, 3.05) is 0 Å². The number of hydrogen-bond donors (Lipinski definition) is 0. The summed E-state index contributed by atoms with van der Waals surface area (Å²) in [6, 6.07) is 11.8. The van der Waals surface area contributed by atoms with E-state index in [1.807, 2.05) is 19.1 Å². The van der Waals surface area contributed by atoms with Gasteiger partial charge < -0.3 is 4.42 Å². The first-order chi connectivity index (χ1) is 13.8. The van der Waals surface area contributed by atoms with Gasteiger partial charge in [-0.2, -0.15) is 5.10 Å². The minimum atomic E-state index is -2.75. The molecule has 0 aliphatic heterocycles. The number of rotatable bonds is 5. The Morgan fingerprint density at radius 1 is 1.14 bits per heavy atom. The van der Waals surface area contributed by atoms with Crippen LogP contribution in [0.25, 0.3) is 11.1 Å². The number of hydrogen-bond acceptors (Lipinski definition) is 4.